The van der Waals surface area contributed by atoms with Gasteiger partial charge in [-0.25, -0.2) is 0 Å². The summed E-state index contributed by atoms with van der Waals surface area (Å²) in [6.07, 6.45) is 4.56. The summed E-state index contributed by atoms with van der Waals surface area (Å²) in [6.45, 7) is 13.8. The number of unbranched alkanes of at least 4 members (excludes halogenated alkanes) is 1. The molecule has 1 aromatic heterocycles. The number of nitrogens with zero attached hydrogens (tertiary/aromatic N) is 2. The van der Waals surface area contributed by atoms with Crippen LogP contribution in [0.15, 0.2) is 54.6 Å². The van der Waals surface area contributed by atoms with Crippen LogP contribution in [0.2, 0.25) is 0 Å². The maximum atomic E-state index is 13.4. The molecule has 2 aromatic carbocycles. The smallest absolute Gasteiger partial charge is 0.0960 e. The van der Waals surface area contributed by atoms with Crippen molar-refractivity contribution in [2.45, 2.75) is 72.0 Å². The zero-order chi connectivity index (χ0) is 25.5. The molecule has 1 saturated heterocycles. The van der Waals surface area contributed by atoms with Crippen molar-refractivity contribution in [3.63, 3.8) is 0 Å². The molecular weight excluding hydrogens is 447 g/mol. The van der Waals surface area contributed by atoms with Gasteiger partial charge < -0.3 is 10.3 Å². The van der Waals surface area contributed by atoms with Crippen molar-refractivity contribution in [1.29, 1.82) is 0 Å². The molecule has 0 amide bonds. The molecule has 0 saturated carbocycles. The average molecular weight is 493 g/mol. The number of likely N-dealkylation sites (tertiary alicyclic amines) is 1. The quantitative estimate of drug-likeness (QED) is 0.342. The average Bonchev–Trinajstić information content (AvgIpc) is 3.23. The standard InChI is InChI=1S/C18H25FN2.C13H20N2/c1-4-18(3,11-19)12-21-10-17-15(9-13(21)2)14-7-5-6-8-16(14)20-17;1-2-3-9-15-10-13(11-15)14-12-7-5-4-6-8-12/h5-8,13,20H,4,9-12H2,1-3H3;4-8,13-14H,2-3,9-11H2,1H3. The van der Waals surface area contributed by atoms with Crippen LogP contribution in [0, 0.1) is 5.41 Å². The minimum atomic E-state index is -0.244. The summed E-state index contributed by atoms with van der Waals surface area (Å²) in [7, 11) is 0. The second-order valence-electron chi connectivity index (χ2n) is 11.2. The van der Waals surface area contributed by atoms with E-state index < -0.39 is 0 Å². The molecule has 2 aliphatic heterocycles. The lowest BCUT2D eigenvalue weighted by atomic mass is 9.86. The van der Waals surface area contributed by atoms with Gasteiger partial charge in [0.05, 0.1) is 12.7 Å². The third-order valence-electron chi connectivity index (χ3n) is 8.08. The van der Waals surface area contributed by atoms with Crippen LogP contribution in [-0.2, 0) is 13.0 Å². The van der Waals surface area contributed by atoms with E-state index in [4.69, 9.17) is 0 Å². The highest BCUT2D eigenvalue weighted by molar-refractivity contribution is 5.84. The molecule has 2 atom stereocenters. The van der Waals surface area contributed by atoms with E-state index in [2.05, 4.69) is 102 Å². The van der Waals surface area contributed by atoms with E-state index in [-0.39, 0.29) is 12.1 Å². The van der Waals surface area contributed by atoms with Crippen molar-refractivity contribution < 1.29 is 4.39 Å². The van der Waals surface area contributed by atoms with E-state index in [1.165, 1.54) is 60.3 Å². The van der Waals surface area contributed by atoms with Gasteiger partial charge in [-0.2, -0.15) is 0 Å². The maximum Gasteiger partial charge on any atom is 0.0960 e. The van der Waals surface area contributed by atoms with E-state index >= 15 is 0 Å². The van der Waals surface area contributed by atoms with E-state index in [0.717, 1.165) is 25.9 Å². The van der Waals surface area contributed by atoms with E-state index in [0.29, 0.717) is 12.1 Å². The molecular formula is C31H45FN4. The first-order chi connectivity index (χ1) is 17.4. The Labute approximate surface area is 217 Å². The normalized spacial score (nSPS) is 20.2. The van der Waals surface area contributed by atoms with Gasteiger partial charge in [-0.3, -0.25) is 14.2 Å². The van der Waals surface area contributed by atoms with Gasteiger partial charge in [-0.05, 0) is 56.5 Å². The molecule has 2 aliphatic rings. The Morgan fingerprint density at radius 1 is 1.06 bits per heavy atom. The number of nitrogens with one attached hydrogen (secondary N) is 2. The van der Waals surface area contributed by atoms with Crippen molar-refractivity contribution in [1.82, 2.24) is 14.8 Å². The summed E-state index contributed by atoms with van der Waals surface area (Å²) >= 11 is 0. The van der Waals surface area contributed by atoms with Crippen molar-refractivity contribution >= 4 is 16.6 Å². The zero-order valence-electron chi connectivity index (χ0n) is 22.7. The predicted molar refractivity (Wildman–Crippen MR) is 151 cm³/mol. The predicted octanol–water partition coefficient (Wildman–Crippen LogP) is 6.88. The summed E-state index contributed by atoms with van der Waals surface area (Å²) < 4.78 is 13.4. The van der Waals surface area contributed by atoms with E-state index in [1.54, 1.807) is 0 Å². The minimum Gasteiger partial charge on any atom is -0.380 e. The van der Waals surface area contributed by atoms with Crippen LogP contribution < -0.4 is 5.32 Å². The Hall–Kier alpha value is -2.37. The van der Waals surface area contributed by atoms with Gasteiger partial charge in [-0.15, -0.1) is 0 Å². The van der Waals surface area contributed by atoms with Crippen LogP contribution in [0.5, 0.6) is 0 Å². The highest BCUT2D eigenvalue weighted by Gasteiger charge is 2.32. The summed E-state index contributed by atoms with van der Waals surface area (Å²) in [4.78, 5) is 8.50. The second-order valence-corrected chi connectivity index (χ2v) is 11.2. The minimum absolute atomic E-state index is 0.224. The molecule has 36 heavy (non-hydrogen) atoms. The van der Waals surface area contributed by atoms with Crippen molar-refractivity contribution in [2.24, 2.45) is 5.41 Å². The fourth-order valence-corrected chi connectivity index (χ4v) is 5.35. The number of anilines is 1. The highest BCUT2D eigenvalue weighted by atomic mass is 19.1. The number of H-pyrrole nitrogens is 1. The van der Waals surface area contributed by atoms with Gasteiger partial charge >= 0.3 is 0 Å². The van der Waals surface area contributed by atoms with Crippen LogP contribution in [0.3, 0.4) is 0 Å². The fourth-order valence-electron chi connectivity index (χ4n) is 5.35. The molecule has 2 unspecified atom stereocenters. The number of aromatic nitrogens is 1. The largest absolute Gasteiger partial charge is 0.380 e. The van der Waals surface area contributed by atoms with E-state index in [9.17, 15) is 4.39 Å². The number of halogens is 1. The molecule has 5 heteroatoms. The summed E-state index contributed by atoms with van der Waals surface area (Å²) in [5, 5.41) is 4.89. The van der Waals surface area contributed by atoms with Crippen LogP contribution in [0.1, 0.15) is 58.2 Å². The van der Waals surface area contributed by atoms with Gasteiger partial charge in [0.25, 0.3) is 0 Å². The molecule has 4 nitrogen and oxygen atoms in total. The zero-order valence-corrected chi connectivity index (χ0v) is 22.7. The first-order valence-electron chi connectivity index (χ1n) is 13.9. The number of fused-ring (bicyclic) bond motifs is 3. The van der Waals surface area contributed by atoms with E-state index in [1.807, 2.05) is 0 Å². The van der Waals surface area contributed by atoms with Gasteiger partial charge in [0, 0.05) is 59.9 Å². The topological polar surface area (TPSA) is 34.3 Å². The lowest BCUT2D eigenvalue weighted by Gasteiger charge is -2.40. The lowest BCUT2D eigenvalue weighted by Crippen LogP contribution is -2.54. The molecule has 3 aromatic rings. The molecule has 0 aliphatic carbocycles. The van der Waals surface area contributed by atoms with Gasteiger partial charge in [-0.1, -0.05) is 63.6 Å². The number of alkyl halides is 1. The number of hydrogen-bond donors (Lipinski definition) is 2. The molecule has 0 spiro atoms. The molecule has 3 heterocycles. The summed E-state index contributed by atoms with van der Waals surface area (Å²) in [5.41, 5.74) is 5.01. The Kier molecular flexibility index (Phi) is 9.08. The monoisotopic (exact) mass is 492 g/mol. The second kappa shape index (κ2) is 12.2. The van der Waals surface area contributed by atoms with Gasteiger partial charge in [0.1, 0.15) is 0 Å². The maximum absolute atomic E-state index is 13.4. The van der Waals surface area contributed by atoms with Crippen molar-refractivity contribution in [2.75, 3.05) is 38.2 Å². The Morgan fingerprint density at radius 2 is 1.78 bits per heavy atom. The number of rotatable bonds is 9. The number of para-hydroxylation sites is 2. The number of benzene rings is 2. The lowest BCUT2D eigenvalue weighted by molar-refractivity contribution is 0.0856. The van der Waals surface area contributed by atoms with Crippen LogP contribution in [0.25, 0.3) is 10.9 Å². The first-order valence-corrected chi connectivity index (χ1v) is 13.9. The highest BCUT2D eigenvalue weighted by Crippen LogP contribution is 2.33. The molecule has 2 N–H and O–H groups in total. The first kappa shape index (κ1) is 26.7. The van der Waals surface area contributed by atoms with Crippen LogP contribution in [-0.4, -0.2) is 59.7 Å². The molecule has 0 bridgehead atoms. The Balaban J connectivity index is 0.000000179. The van der Waals surface area contributed by atoms with Gasteiger partial charge in [0.2, 0.25) is 0 Å². The Morgan fingerprint density at radius 3 is 2.47 bits per heavy atom. The fraction of sp³-hybridized carbons (Fsp3) is 0.548. The third-order valence-corrected chi connectivity index (χ3v) is 8.08. The molecule has 5 rings (SSSR count). The number of hydrogen-bond acceptors (Lipinski definition) is 3. The Bertz CT molecular complexity index is 1070. The van der Waals surface area contributed by atoms with Crippen molar-refractivity contribution in [3.8, 4) is 0 Å². The number of aromatic amines is 1. The van der Waals surface area contributed by atoms with Crippen LogP contribution >= 0.6 is 0 Å². The SMILES string of the molecule is CCC(C)(CF)CN1Cc2[nH]c3ccccc3c2CC1C.CCCCN1CC(Nc2ccccc2)C1. The summed E-state index contributed by atoms with van der Waals surface area (Å²) in [5.74, 6) is 0. The molecule has 196 valence electrons. The summed E-state index contributed by atoms with van der Waals surface area (Å²) in [6, 6.07) is 20.1. The molecule has 1 fully saturated rings. The van der Waals surface area contributed by atoms with Gasteiger partial charge in [0.15, 0.2) is 0 Å². The van der Waals surface area contributed by atoms with Crippen LogP contribution in [0.4, 0.5) is 10.1 Å². The molecule has 0 radical (unpaired) electrons. The van der Waals surface area contributed by atoms with Crippen molar-refractivity contribution in [3.05, 3.63) is 65.9 Å². The third kappa shape index (κ3) is 6.49.